The van der Waals surface area contributed by atoms with Crippen molar-refractivity contribution in [3.8, 4) is 11.6 Å². The number of benzene rings is 1. The second-order valence-electron chi connectivity index (χ2n) is 9.17. The lowest BCUT2D eigenvalue weighted by Crippen LogP contribution is -2.42. The van der Waals surface area contributed by atoms with Crippen molar-refractivity contribution < 1.29 is 36.6 Å². The Labute approximate surface area is 228 Å². The van der Waals surface area contributed by atoms with Crippen LogP contribution in [0, 0.1) is 11.7 Å². The van der Waals surface area contributed by atoms with Crippen LogP contribution in [0.2, 0.25) is 0 Å². The molecule has 0 atom stereocenters. The molecule has 1 aromatic heterocycles. The number of rotatable bonds is 7. The number of carbonyl (C=O) groups is 2. The van der Waals surface area contributed by atoms with Crippen LogP contribution in [-0.4, -0.2) is 36.2 Å². The van der Waals surface area contributed by atoms with Crippen molar-refractivity contribution in [1.29, 1.82) is 0 Å². The van der Waals surface area contributed by atoms with Crippen molar-refractivity contribution in [1.82, 2.24) is 4.98 Å². The van der Waals surface area contributed by atoms with E-state index in [-0.39, 0.29) is 47.7 Å². The summed E-state index contributed by atoms with van der Waals surface area (Å²) in [5.41, 5.74) is 1.30. The highest BCUT2D eigenvalue weighted by atomic mass is 19.4. The van der Waals surface area contributed by atoms with Gasteiger partial charge in [0.25, 0.3) is 0 Å². The van der Waals surface area contributed by atoms with Gasteiger partial charge in [0.15, 0.2) is 11.6 Å². The minimum absolute atomic E-state index is 0.0759. The second kappa shape index (κ2) is 16.1. The molecule has 218 valence electrons. The zero-order valence-electron chi connectivity index (χ0n) is 23.8. The molecule has 0 spiro atoms. The number of aryl methyl sites for hydroxylation is 1. The molecule has 2 aromatic rings. The first-order valence-electron chi connectivity index (χ1n) is 13.3. The van der Waals surface area contributed by atoms with E-state index in [4.69, 9.17) is 9.47 Å². The van der Waals surface area contributed by atoms with Crippen molar-refractivity contribution in [2.24, 2.45) is 5.92 Å². The third-order valence-electron chi connectivity index (χ3n) is 5.84. The quantitative estimate of drug-likeness (QED) is 0.254. The number of pyridine rings is 1. The number of ether oxygens (including phenoxy) is 2. The Hall–Kier alpha value is -3.17. The average molecular weight is 557 g/mol. The molecule has 1 saturated carbocycles. The number of alkyl halides is 3. The van der Waals surface area contributed by atoms with E-state index < -0.39 is 18.0 Å². The molecule has 0 radical (unpaired) electrons. The molecule has 0 bridgehead atoms. The van der Waals surface area contributed by atoms with E-state index in [0.717, 1.165) is 44.1 Å². The Morgan fingerprint density at radius 3 is 2.15 bits per heavy atom. The number of halogens is 4. The van der Waals surface area contributed by atoms with E-state index in [1.54, 1.807) is 12.3 Å². The fourth-order valence-corrected chi connectivity index (χ4v) is 4.08. The van der Waals surface area contributed by atoms with Crippen molar-refractivity contribution in [3.05, 3.63) is 47.4 Å². The Bertz CT molecular complexity index is 1040. The smallest absolute Gasteiger partial charge is 0.386 e. The molecule has 1 amide bonds. The standard InChI is InChI=1S/C25H31FN2O4.C2H3F3.C2H6/c1-5-17-11-12-23(27-15-17)32-22-13-19(25(30)31-4)21(14-20(22)26)28(16(2)3)24(29)18-9-7-6-8-10-18;1-2(3,4)5;1-2/h11-16,18H,5-10H2,1-4H3;1H3;1-2H3. The summed E-state index contributed by atoms with van der Waals surface area (Å²) in [5, 5.41) is 0. The normalized spacial score (nSPS) is 13.4. The molecule has 6 nitrogen and oxygen atoms in total. The van der Waals surface area contributed by atoms with Crippen LogP contribution in [0.3, 0.4) is 0 Å². The second-order valence-corrected chi connectivity index (χ2v) is 9.17. The lowest BCUT2D eigenvalue weighted by molar-refractivity contribution is -0.123. The highest BCUT2D eigenvalue weighted by molar-refractivity contribution is 6.04. The van der Waals surface area contributed by atoms with E-state index in [2.05, 4.69) is 4.98 Å². The summed E-state index contributed by atoms with van der Waals surface area (Å²) in [6, 6.07) is 5.70. The van der Waals surface area contributed by atoms with Gasteiger partial charge in [-0.15, -0.1) is 0 Å². The summed E-state index contributed by atoms with van der Waals surface area (Å²) < 4.78 is 56.7. The van der Waals surface area contributed by atoms with Gasteiger partial charge in [0, 0.05) is 43.3 Å². The minimum atomic E-state index is -4.00. The van der Waals surface area contributed by atoms with Crippen LogP contribution in [-0.2, 0) is 16.0 Å². The Morgan fingerprint density at radius 1 is 1.10 bits per heavy atom. The maximum absolute atomic E-state index is 15.1. The number of aromatic nitrogens is 1. The number of hydrogen-bond donors (Lipinski definition) is 0. The van der Waals surface area contributed by atoms with E-state index in [9.17, 15) is 22.8 Å². The largest absolute Gasteiger partial charge is 0.465 e. The molecule has 0 N–H and O–H groups in total. The molecule has 1 aliphatic carbocycles. The predicted molar refractivity (Wildman–Crippen MR) is 144 cm³/mol. The zero-order valence-corrected chi connectivity index (χ0v) is 23.8. The molecule has 0 unspecified atom stereocenters. The van der Waals surface area contributed by atoms with E-state index in [1.807, 2.05) is 40.7 Å². The third-order valence-corrected chi connectivity index (χ3v) is 5.84. The Kier molecular flexibility index (Phi) is 13.9. The minimum Gasteiger partial charge on any atom is -0.465 e. The van der Waals surface area contributed by atoms with Crippen LogP contribution >= 0.6 is 0 Å². The van der Waals surface area contributed by atoms with Gasteiger partial charge in [0.05, 0.1) is 18.4 Å². The summed E-state index contributed by atoms with van der Waals surface area (Å²) in [7, 11) is 1.25. The molecule has 1 aliphatic rings. The third kappa shape index (κ3) is 10.8. The fourth-order valence-electron chi connectivity index (χ4n) is 4.08. The molecule has 0 saturated heterocycles. The van der Waals surface area contributed by atoms with Gasteiger partial charge in [-0.25, -0.2) is 14.2 Å². The summed E-state index contributed by atoms with van der Waals surface area (Å²) >= 11 is 0. The molecule has 3 rings (SSSR count). The molecular weight excluding hydrogens is 516 g/mol. The van der Waals surface area contributed by atoms with Crippen molar-refractivity contribution in [2.75, 3.05) is 12.0 Å². The van der Waals surface area contributed by atoms with Gasteiger partial charge in [-0.2, -0.15) is 13.2 Å². The van der Waals surface area contributed by atoms with Crippen LogP contribution in [0.5, 0.6) is 11.6 Å². The van der Waals surface area contributed by atoms with Crippen LogP contribution in [0.1, 0.15) is 89.6 Å². The first kappa shape index (κ1) is 33.9. The van der Waals surface area contributed by atoms with Gasteiger partial charge >= 0.3 is 12.1 Å². The first-order chi connectivity index (χ1) is 18.3. The lowest BCUT2D eigenvalue weighted by Gasteiger charge is -2.33. The Balaban J connectivity index is 0.000000975. The summed E-state index contributed by atoms with van der Waals surface area (Å²) in [4.78, 5) is 31.7. The molecule has 0 aliphatic heterocycles. The van der Waals surface area contributed by atoms with E-state index >= 15 is 4.39 Å². The lowest BCUT2D eigenvalue weighted by atomic mass is 9.87. The number of hydrogen-bond acceptors (Lipinski definition) is 5. The molecule has 1 heterocycles. The van der Waals surface area contributed by atoms with Crippen molar-refractivity contribution in [3.63, 3.8) is 0 Å². The number of carbonyl (C=O) groups excluding carboxylic acids is 2. The van der Waals surface area contributed by atoms with Gasteiger partial charge in [-0.05, 0) is 38.7 Å². The zero-order chi connectivity index (χ0) is 29.8. The highest BCUT2D eigenvalue weighted by Gasteiger charge is 2.32. The predicted octanol–water partition coefficient (Wildman–Crippen LogP) is 8.28. The summed E-state index contributed by atoms with van der Waals surface area (Å²) in [6.45, 7) is 9.90. The van der Waals surface area contributed by atoms with Crippen LogP contribution in [0.25, 0.3) is 0 Å². The van der Waals surface area contributed by atoms with Gasteiger partial charge in [-0.3, -0.25) is 4.79 Å². The van der Waals surface area contributed by atoms with Gasteiger partial charge in [0.2, 0.25) is 11.8 Å². The summed E-state index contributed by atoms with van der Waals surface area (Å²) in [5.74, 6) is -1.51. The maximum Gasteiger partial charge on any atom is 0.386 e. The van der Waals surface area contributed by atoms with Gasteiger partial charge in [0.1, 0.15) is 0 Å². The molecule has 1 aromatic carbocycles. The van der Waals surface area contributed by atoms with Gasteiger partial charge in [-0.1, -0.05) is 46.1 Å². The maximum atomic E-state index is 15.1. The molecular formula is C29H40F4N2O4. The monoisotopic (exact) mass is 556 g/mol. The Morgan fingerprint density at radius 2 is 1.69 bits per heavy atom. The number of esters is 1. The SMILES string of the molecule is CC.CC(F)(F)F.CCc1ccc(Oc2cc(C(=O)OC)c(N(C(=O)C3CCCCC3)C(C)C)cc2F)nc1. The van der Waals surface area contributed by atoms with Crippen LogP contribution < -0.4 is 9.64 Å². The number of anilines is 1. The highest BCUT2D eigenvalue weighted by Crippen LogP contribution is 2.35. The molecule has 1 fully saturated rings. The van der Waals surface area contributed by atoms with Crippen LogP contribution in [0.4, 0.5) is 23.2 Å². The van der Waals surface area contributed by atoms with Crippen molar-refractivity contribution in [2.45, 2.75) is 92.3 Å². The number of amides is 1. The topological polar surface area (TPSA) is 68.7 Å². The fraction of sp³-hybridized carbons (Fsp3) is 0.552. The van der Waals surface area contributed by atoms with E-state index in [0.29, 0.717) is 0 Å². The average Bonchev–Trinajstić information content (AvgIpc) is 2.90. The summed E-state index contributed by atoms with van der Waals surface area (Å²) in [6.07, 6.45) is 3.20. The van der Waals surface area contributed by atoms with Crippen molar-refractivity contribution >= 4 is 17.6 Å². The first-order valence-corrected chi connectivity index (χ1v) is 13.3. The van der Waals surface area contributed by atoms with E-state index in [1.165, 1.54) is 24.1 Å². The van der Waals surface area contributed by atoms with Gasteiger partial charge < -0.3 is 14.4 Å². The van der Waals surface area contributed by atoms with Crippen LogP contribution in [0.15, 0.2) is 30.5 Å². The molecule has 10 heteroatoms. The molecule has 39 heavy (non-hydrogen) atoms. The number of methoxy groups -OCH3 is 1. The number of nitrogens with zero attached hydrogens (tertiary/aromatic N) is 2.